The molecule has 4 heteroatoms. The van der Waals surface area contributed by atoms with Crippen LogP contribution in [0, 0.1) is 0 Å². The number of hydrogen-bond acceptors (Lipinski definition) is 3. The van der Waals surface area contributed by atoms with Crippen LogP contribution >= 0.6 is 0 Å². The number of carbonyl (C=O) groups is 1. The third-order valence-electron chi connectivity index (χ3n) is 4.89. The van der Waals surface area contributed by atoms with Gasteiger partial charge < -0.3 is 16.2 Å². The monoisotopic (exact) mass is 376 g/mol. The minimum Gasteiger partial charge on any atom is -0.507 e. The highest BCUT2D eigenvalue weighted by molar-refractivity contribution is 5.76. The van der Waals surface area contributed by atoms with Crippen LogP contribution in [-0.4, -0.2) is 17.2 Å². The number of phenolic OH excluding ortho intramolecular Hbond substituents is 1. The lowest BCUT2D eigenvalue weighted by atomic mass is 9.78. The summed E-state index contributed by atoms with van der Waals surface area (Å²) in [5, 5.41) is 13.7. The van der Waals surface area contributed by atoms with Crippen molar-refractivity contribution in [1.29, 1.82) is 0 Å². The molecule has 0 fully saturated rings. The summed E-state index contributed by atoms with van der Waals surface area (Å²) in [4.78, 5) is 12.2. The smallest absolute Gasteiger partial charge is 0.221 e. The van der Waals surface area contributed by atoms with E-state index in [1.165, 1.54) is 0 Å². The summed E-state index contributed by atoms with van der Waals surface area (Å²) in [5.41, 5.74) is 8.62. The number of carbonyl (C=O) groups excluding carboxylic acids is 1. The second kappa shape index (κ2) is 9.59. The normalized spacial score (nSPS) is 13.5. The molecule has 0 aliphatic carbocycles. The van der Waals surface area contributed by atoms with Crippen LogP contribution in [0.2, 0.25) is 0 Å². The molecular weight excluding hydrogens is 336 g/mol. The van der Waals surface area contributed by atoms with Crippen LogP contribution in [0.3, 0.4) is 0 Å². The molecule has 0 spiro atoms. The van der Waals surface area contributed by atoms with Gasteiger partial charge in [0.05, 0.1) is 6.17 Å². The van der Waals surface area contributed by atoms with Crippen molar-refractivity contribution in [3.05, 3.63) is 28.8 Å². The van der Waals surface area contributed by atoms with Crippen LogP contribution in [0.15, 0.2) is 12.1 Å². The Bertz CT molecular complexity index is 589. The molecule has 1 amide bonds. The number of nitrogens with one attached hydrogen (secondary N) is 1. The number of phenols is 1. The lowest BCUT2D eigenvalue weighted by Crippen LogP contribution is -2.41. The Labute approximate surface area is 165 Å². The molecule has 4 nitrogen and oxygen atoms in total. The molecule has 1 aromatic rings. The van der Waals surface area contributed by atoms with E-state index in [1.54, 1.807) is 0 Å². The van der Waals surface area contributed by atoms with Gasteiger partial charge in [0.2, 0.25) is 5.91 Å². The number of nitrogens with two attached hydrogens (primary N) is 1. The van der Waals surface area contributed by atoms with Crippen LogP contribution in [0.4, 0.5) is 0 Å². The van der Waals surface area contributed by atoms with Crippen molar-refractivity contribution >= 4 is 5.91 Å². The molecule has 0 aliphatic rings. The van der Waals surface area contributed by atoms with E-state index < -0.39 is 0 Å². The lowest BCUT2D eigenvalue weighted by Gasteiger charge is -2.28. The maximum absolute atomic E-state index is 12.2. The van der Waals surface area contributed by atoms with Gasteiger partial charge in [0.1, 0.15) is 5.75 Å². The van der Waals surface area contributed by atoms with Crippen molar-refractivity contribution in [2.24, 2.45) is 5.73 Å². The number of aromatic hydroxyl groups is 1. The maximum Gasteiger partial charge on any atom is 0.221 e. The summed E-state index contributed by atoms with van der Waals surface area (Å²) in [6.07, 6.45) is 4.93. The van der Waals surface area contributed by atoms with E-state index in [9.17, 15) is 9.90 Å². The summed E-state index contributed by atoms with van der Waals surface area (Å²) in [6.45, 7) is 14.7. The molecule has 1 aromatic carbocycles. The van der Waals surface area contributed by atoms with Crippen LogP contribution in [0.1, 0.15) is 97.3 Å². The molecule has 0 aromatic heterocycles. The molecule has 27 heavy (non-hydrogen) atoms. The SMILES string of the molecule is CCCCCC(N)NC(=O)CCc1cc(C(C)(C)C)c(O)c(C(C)(C)C)c1. The van der Waals surface area contributed by atoms with Crippen molar-refractivity contribution in [3.8, 4) is 5.75 Å². The van der Waals surface area contributed by atoms with Gasteiger partial charge in [-0.2, -0.15) is 0 Å². The zero-order chi connectivity index (χ0) is 20.8. The fraction of sp³-hybridized carbons (Fsp3) is 0.696. The fourth-order valence-corrected chi connectivity index (χ4v) is 3.21. The van der Waals surface area contributed by atoms with Crippen LogP contribution in [0.25, 0.3) is 0 Å². The van der Waals surface area contributed by atoms with Gasteiger partial charge in [0.25, 0.3) is 0 Å². The highest BCUT2D eigenvalue weighted by atomic mass is 16.3. The Kier molecular flexibility index (Phi) is 8.34. The van der Waals surface area contributed by atoms with E-state index in [4.69, 9.17) is 5.73 Å². The molecule has 0 heterocycles. The van der Waals surface area contributed by atoms with Gasteiger partial charge in [-0.05, 0) is 40.4 Å². The van der Waals surface area contributed by atoms with Crippen LogP contribution in [-0.2, 0) is 22.0 Å². The Hall–Kier alpha value is -1.55. The van der Waals surface area contributed by atoms with Gasteiger partial charge in [-0.3, -0.25) is 4.79 Å². The van der Waals surface area contributed by atoms with E-state index in [0.29, 0.717) is 18.6 Å². The zero-order valence-corrected chi connectivity index (χ0v) is 18.4. The first kappa shape index (κ1) is 23.5. The first-order chi connectivity index (χ1) is 12.4. The Morgan fingerprint density at radius 1 is 1.07 bits per heavy atom. The molecule has 1 rings (SSSR count). The van der Waals surface area contributed by atoms with Crippen molar-refractivity contribution < 1.29 is 9.90 Å². The largest absolute Gasteiger partial charge is 0.507 e. The topological polar surface area (TPSA) is 75.3 Å². The van der Waals surface area contributed by atoms with Crippen molar-refractivity contribution in [2.75, 3.05) is 0 Å². The number of rotatable bonds is 8. The summed E-state index contributed by atoms with van der Waals surface area (Å²) in [7, 11) is 0. The molecular formula is C23H40N2O2. The summed E-state index contributed by atoms with van der Waals surface area (Å²) >= 11 is 0. The number of amides is 1. The first-order valence-electron chi connectivity index (χ1n) is 10.3. The second-order valence-electron chi connectivity index (χ2n) is 9.71. The van der Waals surface area contributed by atoms with Crippen LogP contribution < -0.4 is 11.1 Å². The minimum absolute atomic E-state index is 0.0123. The van der Waals surface area contributed by atoms with Crippen molar-refractivity contribution in [1.82, 2.24) is 5.32 Å². The average molecular weight is 377 g/mol. The third kappa shape index (κ3) is 7.53. The standard InChI is InChI=1S/C23H40N2O2/c1-8-9-10-11-19(24)25-20(26)13-12-16-14-17(22(2,3)4)21(27)18(15-16)23(5,6)7/h14-15,19,27H,8-13,24H2,1-7H3,(H,25,26). The highest BCUT2D eigenvalue weighted by Crippen LogP contribution is 2.39. The van der Waals surface area contributed by atoms with Gasteiger partial charge in [0.15, 0.2) is 0 Å². The lowest BCUT2D eigenvalue weighted by molar-refractivity contribution is -0.121. The number of aryl methyl sites for hydroxylation is 1. The molecule has 0 saturated carbocycles. The average Bonchev–Trinajstić information content (AvgIpc) is 2.51. The van der Waals surface area contributed by atoms with E-state index in [0.717, 1.165) is 42.4 Å². The zero-order valence-electron chi connectivity index (χ0n) is 18.4. The van der Waals surface area contributed by atoms with Gasteiger partial charge in [-0.25, -0.2) is 0 Å². The van der Waals surface area contributed by atoms with E-state index in [2.05, 4.69) is 53.8 Å². The predicted molar refractivity (Wildman–Crippen MR) is 114 cm³/mol. The van der Waals surface area contributed by atoms with Crippen molar-refractivity contribution in [3.63, 3.8) is 0 Å². The molecule has 0 radical (unpaired) electrons. The Balaban J connectivity index is 2.87. The number of hydrogen-bond donors (Lipinski definition) is 3. The minimum atomic E-state index is -0.265. The van der Waals surface area contributed by atoms with Gasteiger partial charge in [-0.1, -0.05) is 79.9 Å². The van der Waals surface area contributed by atoms with E-state index >= 15 is 0 Å². The maximum atomic E-state index is 12.2. The second-order valence-corrected chi connectivity index (χ2v) is 9.71. The first-order valence-corrected chi connectivity index (χ1v) is 10.3. The molecule has 154 valence electrons. The fourth-order valence-electron chi connectivity index (χ4n) is 3.21. The molecule has 1 atom stereocenters. The molecule has 0 aliphatic heterocycles. The molecule has 4 N–H and O–H groups in total. The number of unbranched alkanes of at least 4 members (excludes halogenated alkanes) is 2. The Morgan fingerprint density at radius 2 is 1.59 bits per heavy atom. The molecule has 0 saturated heterocycles. The van der Waals surface area contributed by atoms with Gasteiger partial charge >= 0.3 is 0 Å². The van der Waals surface area contributed by atoms with Gasteiger partial charge in [0, 0.05) is 6.42 Å². The van der Waals surface area contributed by atoms with Crippen molar-refractivity contribution in [2.45, 2.75) is 104 Å². The molecule has 0 bridgehead atoms. The van der Waals surface area contributed by atoms with E-state index in [-0.39, 0.29) is 22.9 Å². The number of benzene rings is 1. The Morgan fingerprint density at radius 3 is 2.04 bits per heavy atom. The van der Waals surface area contributed by atoms with E-state index in [1.807, 2.05) is 12.1 Å². The van der Waals surface area contributed by atoms with Crippen LogP contribution in [0.5, 0.6) is 5.75 Å². The third-order valence-corrected chi connectivity index (χ3v) is 4.89. The quantitative estimate of drug-likeness (QED) is 0.446. The molecule has 1 unspecified atom stereocenters. The summed E-state index contributed by atoms with van der Waals surface area (Å²) < 4.78 is 0. The predicted octanol–water partition coefficient (Wildman–Crippen LogP) is 4.90. The highest BCUT2D eigenvalue weighted by Gasteiger charge is 2.26. The summed E-state index contributed by atoms with van der Waals surface area (Å²) in [5.74, 6) is 0.364. The van der Waals surface area contributed by atoms with Gasteiger partial charge in [-0.15, -0.1) is 0 Å². The summed E-state index contributed by atoms with van der Waals surface area (Å²) in [6, 6.07) is 4.08.